The standard InChI is InChI=1S/C14H9ClN2O2/c15-13-5-3-11(8-10(13)9-16)17-14(18)6-4-12-2-1-7-19-12/h1-8H,(H,17,18). The molecular formula is C14H9ClN2O2. The van der Waals surface area contributed by atoms with E-state index < -0.39 is 0 Å². The molecule has 1 amide bonds. The smallest absolute Gasteiger partial charge is 0.248 e. The van der Waals surface area contributed by atoms with Crippen LogP contribution in [-0.4, -0.2) is 5.91 Å². The minimum absolute atomic E-state index is 0.314. The molecule has 0 bridgehead atoms. The highest BCUT2D eigenvalue weighted by molar-refractivity contribution is 6.31. The fraction of sp³-hybridized carbons (Fsp3) is 0. The van der Waals surface area contributed by atoms with Crippen LogP contribution in [0, 0.1) is 11.3 Å². The van der Waals surface area contributed by atoms with Crippen LogP contribution in [0.4, 0.5) is 5.69 Å². The number of halogens is 1. The summed E-state index contributed by atoms with van der Waals surface area (Å²) in [6.07, 6.45) is 4.42. The van der Waals surface area contributed by atoms with Gasteiger partial charge in [0.05, 0.1) is 16.8 Å². The summed E-state index contributed by atoms with van der Waals surface area (Å²) in [6.45, 7) is 0. The molecule has 1 aromatic heterocycles. The lowest BCUT2D eigenvalue weighted by molar-refractivity contribution is -0.111. The van der Waals surface area contributed by atoms with Crippen molar-refractivity contribution in [2.24, 2.45) is 0 Å². The van der Waals surface area contributed by atoms with Crippen LogP contribution in [0.3, 0.4) is 0 Å². The van der Waals surface area contributed by atoms with Gasteiger partial charge in [-0.25, -0.2) is 0 Å². The van der Waals surface area contributed by atoms with Gasteiger partial charge >= 0.3 is 0 Å². The molecule has 19 heavy (non-hydrogen) atoms. The fourth-order valence-electron chi connectivity index (χ4n) is 1.42. The molecule has 0 aliphatic rings. The summed E-state index contributed by atoms with van der Waals surface area (Å²) in [7, 11) is 0. The van der Waals surface area contributed by atoms with Crippen molar-refractivity contribution in [1.29, 1.82) is 5.26 Å². The maximum Gasteiger partial charge on any atom is 0.248 e. The van der Waals surface area contributed by atoms with Gasteiger partial charge in [-0.3, -0.25) is 4.79 Å². The second-order valence-corrected chi connectivity index (χ2v) is 4.05. The van der Waals surface area contributed by atoms with E-state index in [9.17, 15) is 4.79 Å². The molecule has 0 saturated heterocycles. The minimum Gasteiger partial charge on any atom is -0.465 e. The molecule has 1 heterocycles. The minimum atomic E-state index is -0.317. The number of rotatable bonds is 3. The van der Waals surface area contributed by atoms with Gasteiger partial charge in [0.2, 0.25) is 5.91 Å². The van der Waals surface area contributed by atoms with Crippen LogP contribution in [-0.2, 0) is 4.79 Å². The molecule has 0 atom stereocenters. The van der Waals surface area contributed by atoms with E-state index in [0.717, 1.165) is 0 Å². The maximum absolute atomic E-state index is 11.6. The highest BCUT2D eigenvalue weighted by Crippen LogP contribution is 2.19. The molecular weight excluding hydrogens is 264 g/mol. The largest absolute Gasteiger partial charge is 0.465 e. The molecule has 0 aliphatic heterocycles. The maximum atomic E-state index is 11.6. The molecule has 0 aliphatic carbocycles. The van der Waals surface area contributed by atoms with Crippen LogP contribution in [0.5, 0.6) is 0 Å². The Bertz CT molecular complexity index is 655. The van der Waals surface area contributed by atoms with Crippen molar-refractivity contribution in [3.8, 4) is 6.07 Å². The zero-order chi connectivity index (χ0) is 13.7. The van der Waals surface area contributed by atoms with E-state index in [2.05, 4.69) is 5.32 Å². The fourth-order valence-corrected chi connectivity index (χ4v) is 1.58. The first-order valence-corrected chi connectivity index (χ1v) is 5.79. The van der Waals surface area contributed by atoms with Crippen LogP contribution in [0.15, 0.2) is 47.1 Å². The Kier molecular flexibility index (Phi) is 4.01. The summed E-state index contributed by atoms with van der Waals surface area (Å²) in [5, 5.41) is 11.8. The Balaban J connectivity index is 2.05. The Hall–Kier alpha value is -2.51. The number of carbonyl (C=O) groups excluding carboxylic acids is 1. The van der Waals surface area contributed by atoms with E-state index >= 15 is 0 Å². The number of furan rings is 1. The van der Waals surface area contributed by atoms with Gasteiger partial charge < -0.3 is 9.73 Å². The van der Waals surface area contributed by atoms with Gasteiger partial charge in [-0.15, -0.1) is 0 Å². The van der Waals surface area contributed by atoms with Crippen LogP contribution >= 0.6 is 11.6 Å². The molecule has 94 valence electrons. The van der Waals surface area contributed by atoms with E-state index in [0.29, 0.717) is 22.0 Å². The number of anilines is 1. The van der Waals surface area contributed by atoms with Crippen LogP contribution in [0.1, 0.15) is 11.3 Å². The van der Waals surface area contributed by atoms with Crippen LogP contribution in [0.25, 0.3) is 6.08 Å². The Morgan fingerprint density at radius 2 is 2.26 bits per heavy atom. The lowest BCUT2D eigenvalue weighted by Gasteiger charge is -2.03. The van der Waals surface area contributed by atoms with Crippen molar-refractivity contribution in [1.82, 2.24) is 0 Å². The first-order chi connectivity index (χ1) is 9.19. The molecule has 0 radical (unpaired) electrons. The summed E-state index contributed by atoms with van der Waals surface area (Å²) in [4.78, 5) is 11.6. The third-order valence-corrected chi connectivity index (χ3v) is 2.63. The number of hydrogen-bond acceptors (Lipinski definition) is 3. The van der Waals surface area contributed by atoms with Gasteiger partial charge in [0.25, 0.3) is 0 Å². The first kappa shape index (κ1) is 12.9. The van der Waals surface area contributed by atoms with Crippen molar-refractivity contribution < 1.29 is 9.21 Å². The Labute approximate surface area is 114 Å². The topological polar surface area (TPSA) is 66.0 Å². The number of hydrogen-bond donors (Lipinski definition) is 1. The summed E-state index contributed by atoms with van der Waals surface area (Å²) >= 11 is 5.80. The van der Waals surface area contributed by atoms with Crippen molar-refractivity contribution in [3.63, 3.8) is 0 Å². The van der Waals surface area contributed by atoms with Gasteiger partial charge in [-0.05, 0) is 36.4 Å². The molecule has 2 aromatic rings. The number of nitriles is 1. The van der Waals surface area contributed by atoms with Gasteiger partial charge in [0.1, 0.15) is 11.8 Å². The summed E-state index contributed by atoms with van der Waals surface area (Å²) in [5.41, 5.74) is 0.824. The highest BCUT2D eigenvalue weighted by Gasteiger charge is 2.03. The third kappa shape index (κ3) is 3.47. The summed E-state index contributed by atoms with van der Waals surface area (Å²) < 4.78 is 5.06. The first-order valence-electron chi connectivity index (χ1n) is 5.41. The van der Waals surface area contributed by atoms with E-state index in [1.165, 1.54) is 18.4 Å². The average molecular weight is 273 g/mol. The van der Waals surface area contributed by atoms with Gasteiger partial charge in [0.15, 0.2) is 0 Å². The van der Waals surface area contributed by atoms with E-state index in [-0.39, 0.29) is 5.91 Å². The number of carbonyl (C=O) groups is 1. The number of nitrogens with one attached hydrogen (secondary N) is 1. The highest BCUT2D eigenvalue weighted by atomic mass is 35.5. The second-order valence-electron chi connectivity index (χ2n) is 3.64. The summed E-state index contributed by atoms with van der Waals surface area (Å²) in [6, 6.07) is 10.1. The molecule has 0 saturated carbocycles. The van der Waals surface area contributed by atoms with Crippen molar-refractivity contribution in [2.75, 3.05) is 5.32 Å². The Morgan fingerprint density at radius 1 is 1.42 bits per heavy atom. The van der Waals surface area contributed by atoms with Gasteiger partial charge in [0, 0.05) is 11.8 Å². The summed E-state index contributed by atoms with van der Waals surface area (Å²) in [5.74, 6) is 0.270. The molecule has 1 N–H and O–H groups in total. The van der Waals surface area contributed by atoms with Crippen molar-refractivity contribution in [2.45, 2.75) is 0 Å². The number of benzene rings is 1. The number of nitrogens with zero attached hydrogens (tertiary/aromatic N) is 1. The van der Waals surface area contributed by atoms with E-state index in [1.54, 1.807) is 30.3 Å². The predicted molar refractivity (Wildman–Crippen MR) is 72.5 cm³/mol. The van der Waals surface area contributed by atoms with E-state index in [4.69, 9.17) is 21.3 Å². The molecule has 0 fully saturated rings. The van der Waals surface area contributed by atoms with Crippen molar-refractivity contribution >= 4 is 29.3 Å². The molecule has 5 heteroatoms. The van der Waals surface area contributed by atoms with Crippen LogP contribution in [0.2, 0.25) is 5.02 Å². The van der Waals surface area contributed by atoms with Gasteiger partial charge in [-0.2, -0.15) is 5.26 Å². The predicted octanol–water partition coefficient (Wildman–Crippen LogP) is 3.46. The monoisotopic (exact) mass is 272 g/mol. The second kappa shape index (κ2) is 5.89. The lowest BCUT2D eigenvalue weighted by atomic mass is 10.2. The molecule has 4 nitrogen and oxygen atoms in total. The van der Waals surface area contributed by atoms with Crippen molar-refractivity contribution in [3.05, 3.63) is 59.0 Å². The quantitative estimate of drug-likeness (QED) is 0.870. The number of amides is 1. The van der Waals surface area contributed by atoms with E-state index in [1.807, 2.05) is 6.07 Å². The molecule has 0 unspecified atom stereocenters. The molecule has 2 rings (SSSR count). The van der Waals surface area contributed by atoms with Gasteiger partial charge in [-0.1, -0.05) is 11.6 Å². The normalized spacial score (nSPS) is 10.3. The Morgan fingerprint density at radius 3 is 2.95 bits per heavy atom. The molecule has 1 aromatic carbocycles. The lowest BCUT2D eigenvalue weighted by Crippen LogP contribution is -2.07. The zero-order valence-electron chi connectivity index (χ0n) is 9.76. The molecule has 0 spiro atoms. The van der Waals surface area contributed by atoms with Crippen LogP contribution < -0.4 is 5.32 Å². The zero-order valence-corrected chi connectivity index (χ0v) is 10.5. The third-order valence-electron chi connectivity index (χ3n) is 2.30. The SMILES string of the molecule is N#Cc1cc(NC(=O)C=Cc2ccco2)ccc1Cl. The average Bonchev–Trinajstić information content (AvgIpc) is 2.92.